The van der Waals surface area contributed by atoms with Crippen molar-refractivity contribution in [2.24, 2.45) is 5.73 Å². The molecule has 3 heteroatoms. The van der Waals surface area contributed by atoms with Crippen LogP contribution in [0.15, 0.2) is 48.5 Å². The molecule has 0 saturated carbocycles. The number of rotatable bonds is 4. The topological polar surface area (TPSA) is 35.2 Å². The Morgan fingerprint density at radius 3 is 2.47 bits per heavy atom. The minimum atomic E-state index is -0.182. The summed E-state index contributed by atoms with van der Waals surface area (Å²) in [4.78, 5) is 0. The number of hydrogen-bond donors (Lipinski definition) is 1. The molecule has 2 N–H and O–H groups in total. The highest BCUT2D eigenvalue weighted by Crippen LogP contribution is 2.26. The average molecular weight is 276 g/mol. The summed E-state index contributed by atoms with van der Waals surface area (Å²) in [7, 11) is 0. The van der Waals surface area contributed by atoms with E-state index in [9.17, 15) is 0 Å². The molecule has 0 fully saturated rings. The van der Waals surface area contributed by atoms with Crippen LogP contribution in [0.2, 0.25) is 5.02 Å². The molecule has 0 aliphatic rings. The van der Waals surface area contributed by atoms with Gasteiger partial charge >= 0.3 is 0 Å². The van der Waals surface area contributed by atoms with Crippen LogP contribution in [0.5, 0.6) is 5.75 Å². The molecule has 0 aliphatic heterocycles. The Bertz CT molecular complexity index is 554. The molecule has 2 atom stereocenters. The van der Waals surface area contributed by atoms with Gasteiger partial charge in [0, 0.05) is 11.1 Å². The van der Waals surface area contributed by atoms with E-state index in [1.807, 2.05) is 37.3 Å². The summed E-state index contributed by atoms with van der Waals surface area (Å²) >= 11 is 5.97. The lowest BCUT2D eigenvalue weighted by Crippen LogP contribution is -2.29. The molecule has 2 rings (SSSR count). The molecule has 0 aliphatic carbocycles. The van der Waals surface area contributed by atoms with Gasteiger partial charge in [-0.05, 0) is 37.6 Å². The Kier molecular flexibility index (Phi) is 4.46. The normalized spacial score (nSPS) is 13.9. The molecule has 0 spiro atoms. The Morgan fingerprint density at radius 1 is 1.11 bits per heavy atom. The van der Waals surface area contributed by atoms with Gasteiger partial charge in [0.1, 0.15) is 11.9 Å². The minimum Gasteiger partial charge on any atom is -0.484 e. The second-order valence-electron chi connectivity index (χ2n) is 4.77. The Labute approximate surface area is 119 Å². The number of hydrogen-bond acceptors (Lipinski definition) is 2. The fourth-order valence-corrected chi connectivity index (χ4v) is 2.19. The monoisotopic (exact) mass is 275 g/mol. The molecule has 0 amide bonds. The highest BCUT2D eigenvalue weighted by atomic mass is 35.5. The summed E-state index contributed by atoms with van der Waals surface area (Å²) in [5.41, 5.74) is 8.32. The third-order valence-corrected chi connectivity index (χ3v) is 3.14. The summed E-state index contributed by atoms with van der Waals surface area (Å²) in [6.45, 7) is 4.00. The van der Waals surface area contributed by atoms with Crippen molar-refractivity contribution in [2.45, 2.75) is 26.0 Å². The van der Waals surface area contributed by atoms with E-state index in [0.717, 1.165) is 11.3 Å². The predicted octanol–water partition coefficient (Wildman–Crippen LogP) is 4.12. The van der Waals surface area contributed by atoms with Crippen LogP contribution in [0.1, 0.15) is 24.2 Å². The van der Waals surface area contributed by atoms with Gasteiger partial charge in [-0.15, -0.1) is 0 Å². The van der Waals surface area contributed by atoms with Crippen molar-refractivity contribution in [3.05, 3.63) is 64.7 Å². The van der Waals surface area contributed by atoms with E-state index in [0.29, 0.717) is 5.02 Å². The van der Waals surface area contributed by atoms with Crippen molar-refractivity contribution >= 4 is 11.6 Å². The maximum absolute atomic E-state index is 6.05. The van der Waals surface area contributed by atoms with E-state index in [4.69, 9.17) is 22.1 Å². The maximum Gasteiger partial charge on any atom is 0.138 e. The van der Waals surface area contributed by atoms with Crippen LogP contribution < -0.4 is 10.5 Å². The van der Waals surface area contributed by atoms with E-state index in [-0.39, 0.29) is 12.1 Å². The predicted molar refractivity (Wildman–Crippen MR) is 79.6 cm³/mol. The van der Waals surface area contributed by atoms with Crippen LogP contribution in [-0.2, 0) is 0 Å². The van der Waals surface area contributed by atoms with Crippen molar-refractivity contribution in [2.75, 3.05) is 0 Å². The quantitative estimate of drug-likeness (QED) is 0.911. The van der Waals surface area contributed by atoms with Gasteiger partial charge < -0.3 is 10.5 Å². The molecule has 0 aromatic heterocycles. The van der Waals surface area contributed by atoms with Crippen molar-refractivity contribution < 1.29 is 4.74 Å². The van der Waals surface area contributed by atoms with E-state index < -0.39 is 0 Å². The number of benzene rings is 2. The number of aryl methyl sites for hydroxylation is 1. The molecule has 0 radical (unpaired) electrons. The largest absolute Gasteiger partial charge is 0.484 e. The molecule has 2 aromatic carbocycles. The Hall–Kier alpha value is -1.51. The van der Waals surface area contributed by atoms with Gasteiger partial charge in [-0.25, -0.2) is 0 Å². The zero-order chi connectivity index (χ0) is 13.8. The molecule has 100 valence electrons. The Morgan fingerprint density at radius 2 is 1.84 bits per heavy atom. The first kappa shape index (κ1) is 13.9. The summed E-state index contributed by atoms with van der Waals surface area (Å²) < 4.78 is 5.99. The fraction of sp³-hybridized carbons (Fsp3) is 0.250. The molecule has 0 saturated heterocycles. The lowest BCUT2D eigenvalue weighted by Gasteiger charge is -2.23. The van der Waals surface area contributed by atoms with Gasteiger partial charge in [0.15, 0.2) is 0 Å². The van der Waals surface area contributed by atoms with Crippen molar-refractivity contribution in [1.29, 1.82) is 0 Å². The summed E-state index contributed by atoms with van der Waals surface area (Å²) in [6.07, 6.45) is -0.182. The number of ether oxygens (including phenoxy) is 1. The third kappa shape index (κ3) is 3.72. The number of halogens is 1. The molecule has 2 nitrogen and oxygen atoms in total. The molecular formula is C16H18ClNO. The summed E-state index contributed by atoms with van der Waals surface area (Å²) in [6, 6.07) is 15.5. The SMILES string of the molecule is Cc1cccc(C(Oc2cccc(Cl)c2)C(C)N)c1. The fourth-order valence-electron chi connectivity index (χ4n) is 2.01. The lowest BCUT2D eigenvalue weighted by atomic mass is 10.0. The molecular weight excluding hydrogens is 258 g/mol. The Balaban J connectivity index is 2.26. The van der Waals surface area contributed by atoms with Gasteiger partial charge in [0.2, 0.25) is 0 Å². The van der Waals surface area contributed by atoms with Crippen LogP contribution in [0, 0.1) is 6.92 Å². The lowest BCUT2D eigenvalue weighted by molar-refractivity contribution is 0.180. The van der Waals surface area contributed by atoms with Crippen LogP contribution >= 0.6 is 11.6 Å². The zero-order valence-electron chi connectivity index (χ0n) is 11.1. The number of nitrogens with two attached hydrogens (primary N) is 1. The van der Waals surface area contributed by atoms with Crippen molar-refractivity contribution in [3.63, 3.8) is 0 Å². The van der Waals surface area contributed by atoms with Crippen molar-refractivity contribution in [1.82, 2.24) is 0 Å². The first-order valence-corrected chi connectivity index (χ1v) is 6.68. The van der Waals surface area contributed by atoms with Crippen molar-refractivity contribution in [3.8, 4) is 5.75 Å². The van der Waals surface area contributed by atoms with Gasteiger partial charge in [0.25, 0.3) is 0 Å². The smallest absolute Gasteiger partial charge is 0.138 e. The molecule has 0 bridgehead atoms. The minimum absolute atomic E-state index is 0.110. The standard InChI is InChI=1S/C16H18ClNO/c1-11-5-3-6-13(9-11)16(12(2)18)19-15-8-4-7-14(17)10-15/h3-10,12,16H,18H2,1-2H3. The summed E-state index contributed by atoms with van der Waals surface area (Å²) in [5, 5.41) is 0.658. The maximum atomic E-state index is 6.05. The first-order chi connectivity index (χ1) is 9.06. The second kappa shape index (κ2) is 6.09. The highest BCUT2D eigenvalue weighted by molar-refractivity contribution is 6.30. The zero-order valence-corrected chi connectivity index (χ0v) is 11.9. The van der Waals surface area contributed by atoms with Crippen LogP contribution in [0.4, 0.5) is 0 Å². The third-order valence-electron chi connectivity index (χ3n) is 2.91. The second-order valence-corrected chi connectivity index (χ2v) is 5.21. The van der Waals surface area contributed by atoms with Crippen LogP contribution in [0.25, 0.3) is 0 Å². The van der Waals surface area contributed by atoms with Gasteiger partial charge in [-0.3, -0.25) is 0 Å². The van der Waals surface area contributed by atoms with E-state index in [2.05, 4.69) is 19.1 Å². The van der Waals surface area contributed by atoms with Crippen LogP contribution in [-0.4, -0.2) is 6.04 Å². The average Bonchev–Trinajstić information content (AvgIpc) is 2.35. The van der Waals surface area contributed by atoms with E-state index in [1.165, 1.54) is 5.56 Å². The van der Waals surface area contributed by atoms with E-state index in [1.54, 1.807) is 6.07 Å². The van der Waals surface area contributed by atoms with Crippen LogP contribution in [0.3, 0.4) is 0 Å². The van der Waals surface area contributed by atoms with Gasteiger partial charge in [-0.2, -0.15) is 0 Å². The van der Waals surface area contributed by atoms with Gasteiger partial charge in [0.05, 0.1) is 0 Å². The highest BCUT2D eigenvalue weighted by Gasteiger charge is 2.18. The first-order valence-electron chi connectivity index (χ1n) is 6.30. The molecule has 0 heterocycles. The molecule has 2 unspecified atom stereocenters. The molecule has 2 aromatic rings. The van der Waals surface area contributed by atoms with Gasteiger partial charge in [-0.1, -0.05) is 47.5 Å². The molecule has 19 heavy (non-hydrogen) atoms. The van der Waals surface area contributed by atoms with E-state index >= 15 is 0 Å². The summed E-state index contributed by atoms with van der Waals surface area (Å²) in [5.74, 6) is 0.733.